The molecule has 0 aliphatic carbocycles. The van der Waals surface area contributed by atoms with Gasteiger partial charge in [-0.2, -0.15) is 0 Å². The van der Waals surface area contributed by atoms with Gasteiger partial charge in [0.05, 0.1) is 26.4 Å². The molecule has 0 radical (unpaired) electrons. The van der Waals surface area contributed by atoms with E-state index in [4.69, 9.17) is 37.0 Å². The summed E-state index contributed by atoms with van der Waals surface area (Å²) in [5.74, 6) is -0.544. The van der Waals surface area contributed by atoms with Gasteiger partial charge in [0.2, 0.25) is 0 Å². The molecule has 0 spiro atoms. The molecule has 0 aromatic rings. The van der Waals surface area contributed by atoms with Crippen LogP contribution in [0.1, 0.15) is 350 Å². The first kappa shape index (κ1) is 89.5. The van der Waals surface area contributed by atoms with E-state index < -0.39 is 97.5 Å². The predicted molar refractivity (Wildman–Crippen MR) is 372 cm³/mol. The van der Waals surface area contributed by atoms with Crippen LogP contribution in [0, 0.1) is 11.8 Å². The fourth-order valence-corrected chi connectivity index (χ4v) is 12.1. The normalized spacial score (nSPS) is 14.8. The zero-order valence-electron chi connectivity index (χ0n) is 59.3. The first-order valence-corrected chi connectivity index (χ1v) is 40.4. The van der Waals surface area contributed by atoms with Crippen molar-refractivity contribution in [3.05, 3.63) is 24.3 Å². The van der Waals surface area contributed by atoms with Gasteiger partial charge in [-0.3, -0.25) is 37.3 Å². The van der Waals surface area contributed by atoms with Crippen LogP contribution < -0.4 is 0 Å². The summed E-state index contributed by atoms with van der Waals surface area (Å²) in [6.45, 7) is 9.51. The summed E-state index contributed by atoms with van der Waals surface area (Å²) >= 11 is 0. The molecule has 0 saturated heterocycles. The minimum Gasteiger partial charge on any atom is -0.462 e. The molecule has 4 unspecified atom stereocenters. The summed E-state index contributed by atoms with van der Waals surface area (Å²) in [6.07, 6.45) is 53.5. The molecular weight excluding hydrogens is 1210 g/mol. The van der Waals surface area contributed by atoms with Crippen LogP contribution in [-0.4, -0.2) is 96.7 Å². The monoisotopic (exact) mass is 1350 g/mol. The van der Waals surface area contributed by atoms with Crippen molar-refractivity contribution in [1.82, 2.24) is 0 Å². The van der Waals surface area contributed by atoms with Crippen LogP contribution >= 0.6 is 15.6 Å². The lowest BCUT2D eigenvalue weighted by atomic mass is 9.99. The lowest BCUT2D eigenvalue weighted by Gasteiger charge is -2.21. The number of aliphatic hydroxyl groups excluding tert-OH is 1. The lowest BCUT2D eigenvalue weighted by molar-refractivity contribution is -0.161. The Morgan fingerprint density at radius 1 is 0.348 bits per heavy atom. The average molecular weight is 1350 g/mol. The SMILES string of the molecule is CCCCCC/C=C\C=C/CCCCCCCC(=O)OC[C@H](COP(=O)(O)OC[C@@H](O)COP(=O)(O)OC[C@@H](COC(=O)CCCCCCCCC)OC(=O)CCCCCCCCCCC(C)CC)OC(=O)CCCCCCCCCCCCCCCCC(C)CC. The van der Waals surface area contributed by atoms with Crippen LogP contribution in [0.15, 0.2) is 24.3 Å². The number of ether oxygens (including phenoxy) is 4. The van der Waals surface area contributed by atoms with E-state index in [9.17, 15) is 43.2 Å². The first-order chi connectivity index (χ1) is 44.4. The number of esters is 4. The van der Waals surface area contributed by atoms with E-state index in [-0.39, 0.29) is 25.7 Å². The summed E-state index contributed by atoms with van der Waals surface area (Å²) in [6, 6.07) is 0. The minimum atomic E-state index is -4.96. The summed E-state index contributed by atoms with van der Waals surface area (Å²) < 4.78 is 68.2. The topological polar surface area (TPSA) is 237 Å². The lowest BCUT2D eigenvalue weighted by Crippen LogP contribution is -2.30. The van der Waals surface area contributed by atoms with Gasteiger partial charge < -0.3 is 33.8 Å². The van der Waals surface area contributed by atoms with Gasteiger partial charge in [-0.1, -0.05) is 297 Å². The Labute approximate surface area is 561 Å². The average Bonchev–Trinajstić information content (AvgIpc) is 2.48. The molecule has 0 amide bonds. The van der Waals surface area contributed by atoms with Crippen LogP contribution in [0.3, 0.4) is 0 Å². The smallest absolute Gasteiger partial charge is 0.462 e. The van der Waals surface area contributed by atoms with Crippen molar-refractivity contribution in [2.45, 2.75) is 368 Å². The van der Waals surface area contributed by atoms with Crippen LogP contribution in [0.2, 0.25) is 0 Å². The quantitative estimate of drug-likeness (QED) is 0.0169. The summed E-state index contributed by atoms with van der Waals surface area (Å²) in [4.78, 5) is 72.5. The van der Waals surface area contributed by atoms with Crippen LogP contribution in [0.25, 0.3) is 0 Å². The molecule has 0 aromatic carbocycles. The Balaban J connectivity index is 5.24. The molecule has 7 atom stereocenters. The van der Waals surface area contributed by atoms with E-state index in [1.165, 1.54) is 135 Å². The predicted octanol–water partition coefficient (Wildman–Crippen LogP) is 20.7. The fraction of sp³-hybridized carbons (Fsp3) is 0.890. The fourth-order valence-electron chi connectivity index (χ4n) is 10.5. The number of rotatable bonds is 70. The van der Waals surface area contributed by atoms with Crippen molar-refractivity contribution < 1.29 is 80.2 Å². The van der Waals surface area contributed by atoms with E-state index in [1.807, 2.05) is 0 Å². The number of phosphoric ester groups is 2. The summed E-state index contributed by atoms with van der Waals surface area (Å²) in [7, 11) is -9.91. The van der Waals surface area contributed by atoms with Crippen molar-refractivity contribution in [1.29, 1.82) is 0 Å². The van der Waals surface area contributed by atoms with E-state index in [0.717, 1.165) is 134 Å². The Morgan fingerprint density at radius 2 is 0.609 bits per heavy atom. The molecular formula is C73H138O17P2. The van der Waals surface area contributed by atoms with E-state index in [1.54, 1.807) is 0 Å². The molecule has 0 fully saturated rings. The maximum atomic E-state index is 13.0. The standard InChI is InChI=1S/C73H138O17P2/c1-7-11-13-15-17-18-19-20-21-25-28-31-38-44-50-56-71(76)84-62-69(89-72(77)57-51-45-39-32-29-26-23-22-24-27-30-36-41-47-53-65(5)9-3)64-88-92(81,82)86-60-67(74)59-85-91(79,80)87-63-68(61-83-70(75)55-49-43-35-16-14-12-8-2)90-73(78)58-52-46-40-34-33-37-42-48-54-66(6)10-4/h18-21,65-69,74H,7-17,22-64H2,1-6H3,(H,79,80)(H,81,82)/b19-18-,21-20-/t65?,66?,67-,68+,69+/m0/s1. The number of unbranched alkanes of at least 4 members (excludes halogenated alkanes) is 35. The third-order valence-electron chi connectivity index (χ3n) is 17.1. The first-order valence-electron chi connectivity index (χ1n) is 37.4. The Hall–Kier alpha value is -2.46. The van der Waals surface area contributed by atoms with Gasteiger partial charge in [0, 0.05) is 25.7 Å². The van der Waals surface area contributed by atoms with Crippen LogP contribution in [0.4, 0.5) is 0 Å². The highest BCUT2D eigenvalue weighted by Crippen LogP contribution is 2.45. The summed E-state index contributed by atoms with van der Waals surface area (Å²) in [5, 5.41) is 10.6. The molecule has 542 valence electrons. The Kier molecular flexibility index (Phi) is 62.8. The maximum absolute atomic E-state index is 13.0. The van der Waals surface area contributed by atoms with Gasteiger partial charge in [0.25, 0.3) is 0 Å². The molecule has 0 bridgehead atoms. The molecule has 0 aliphatic heterocycles. The van der Waals surface area contributed by atoms with E-state index in [0.29, 0.717) is 25.7 Å². The van der Waals surface area contributed by atoms with Gasteiger partial charge in [0.15, 0.2) is 12.2 Å². The summed E-state index contributed by atoms with van der Waals surface area (Å²) in [5.41, 5.74) is 0. The van der Waals surface area contributed by atoms with Gasteiger partial charge >= 0.3 is 39.5 Å². The van der Waals surface area contributed by atoms with E-state index >= 15 is 0 Å². The van der Waals surface area contributed by atoms with Gasteiger partial charge in [0.1, 0.15) is 19.3 Å². The molecule has 92 heavy (non-hydrogen) atoms. The van der Waals surface area contributed by atoms with Gasteiger partial charge in [-0.05, 0) is 63.2 Å². The second kappa shape index (κ2) is 64.5. The molecule has 0 aliphatic rings. The van der Waals surface area contributed by atoms with Gasteiger partial charge in [-0.15, -0.1) is 0 Å². The van der Waals surface area contributed by atoms with Crippen LogP contribution in [-0.2, 0) is 65.4 Å². The minimum absolute atomic E-state index is 0.101. The van der Waals surface area contributed by atoms with Crippen molar-refractivity contribution in [3.63, 3.8) is 0 Å². The number of aliphatic hydroxyl groups is 1. The van der Waals surface area contributed by atoms with Gasteiger partial charge in [-0.25, -0.2) is 9.13 Å². The number of hydrogen-bond acceptors (Lipinski definition) is 15. The molecule has 0 heterocycles. The zero-order chi connectivity index (χ0) is 67.9. The molecule has 19 heteroatoms. The van der Waals surface area contributed by atoms with Crippen molar-refractivity contribution in [3.8, 4) is 0 Å². The second-order valence-corrected chi connectivity index (χ2v) is 29.0. The zero-order valence-corrected chi connectivity index (χ0v) is 61.1. The Bertz CT molecular complexity index is 1880. The number of carbonyl (C=O) groups is 4. The van der Waals surface area contributed by atoms with Crippen LogP contribution in [0.5, 0.6) is 0 Å². The number of allylic oxidation sites excluding steroid dienone is 4. The molecule has 17 nitrogen and oxygen atoms in total. The number of hydrogen-bond donors (Lipinski definition) is 3. The maximum Gasteiger partial charge on any atom is 0.472 e. The number of carbonyl (C=O) groups excluding carboxylic acids is 4. The van der Waals surface area contributed by atoms with Crippen molar-refractivity contribution in [2.75, 3.05) is 39.6 Å². The molecule has 0 saturated carbocycles. The third kappa shape index (κ3) is 63.6. The largest absolute Gasteiger partial charge is 0.472 e. The molecule has 0 aromatic heterocycles. The molecule has 3 N–H and O–H groups in total. The number of phosphoric acid groups is 2. The third-order valence-corrected chi connectivity index (χ3v) is 19.0. The van der Waals surface area contributed by atoms with Crippen molar-refractivity contribution >= 4 is 39.5 Å². The highest BCUT2D eigenvalue weighted by atomic mass is 31.2. The molecule has 0 rings (SSSR count). The Morgan fingerprint density at radius 3 is 0.924 bits per heavy atom. The van der Waals surface area contributed by atoms with E-state index in [2.05, 4.69) is 65.8 Å². The van der Waals surface area contributed by atoms with Crippen molar-refractivity contribution in [2.24, 2.45) is 11.8 Å². The highest BCUT2D eigenvalue weighted by molar-refractivity contribution is 7.47. The highest BCUT2D eigenvalue weighted by Gasteiger charge is 2.30. The second-order valence-electron chi connectivity index (χ2n) is 26.1.